The Bertz CT molecular complexity index is 862. The molecule has 0 atom stereocenters. The van der Waals surface area contributed by atoms with Crippen LogP contribution in [0.2, 0.25) is 0 Å². The van der Waals surface area contributed by atoms with Crippen molar-refractivity contribution in [2.75, 3.05) is 21.3 Å². The summed E-state index contributed by atoms with van der Waals surface area (Å²) in [6.07, 6.45) is 0.00214. The lowest BCUT2D eigenvalue weighted by Crippen LogP contribution is -2.19. The van der Waals surface area contributed by atoms with Crippen molar-refractivity contribution in [1.29, 1.82) is 0 Å². The zero-order valence-electron chi connectivity index (χ0n) is 17.0. The van der Waals surface area contributed by atoms with Gasteiger partial charge in [0.1, 0.15) is 0 Å². The Hall–Kier alpha value is -3.22. The highest BCUT2D eigenvalue weighted by Gasteiger charge is 2.12. The van der Waals surface area contributed by atoms with Crippen LogP contribution >= 0.6 is 0 Å². The summed E-state index contributed by atoms with van der Waals surface area (Å²) in [5, 5.41) is 4.18. The van der Waals surface area contributed by atoms with Crippen LogP contribution in [0.5, 0.6) is 23.0 Å². The molecule has 0 saturated heterocycles. The Kier molecular flexibility index (Phi) is 7.26. The molecule has 0 aliphatic rings. The molecule has 0 aromatic heterocycles. The van der Waals surface area contributed by atoms with Crippen LogP contribution in [0, 0.1) is 0 Å². The van der Waals surface area contributed by atoms with E-state index < -0.39 is 0 Å². The van der Waals surface area contributed by atoms with Crippen LogP contribution in [-0.2, 0) is 0 Å². The van der Waals surface area contributed by atoms with Gasteiger partial charge in [-0.2, -0.15) is 5.10 Å². The number of benzene rings is 2. The fourth-order valence-corrected chi connectivity index (χ4v) is 2.49. The molecule has 150 valence electrons. The summed E-state index contributed by atoms with van der Waals surface area (Å²) < 4.78 is 21.5. The molecule has 0 fully saturated rings. The Morgan fingerprint density at radius 3 is 2.00 bits per heavy atom. The van der Waals surface area contributed by atoms with Gasteiger partial charge in [0.05, 0.1) is 33.1 Å². The monoisotopic (exact) mass is 386 g/mol. The minimum atomic E-state index is -0.353. The third-order valence-electron chi connectivity index (χ3n) is 3.91. The molecule has 1 amide bonds. The lowest BCUT2D eigenvalue weighted by Gasteiger charge is -2.14. The molecule has 7 nitrogen and oxygen atoms in total. The van der Waals surface area contributed by atoms with Crippen molar-refractivity contribution < 1.29 is 23.7 Å². The van der Waals surface area contributed by atoms with Gasteiger partial charge in [0.25, 0.3) is 5.91 Å². The molecule has 0 aliphatic heterocycles. The van der Waals surface area contributed by atoms with Crippen LogP contribution in [0.25, 0.3) is 0 Å². The highest BCUT2D eigenvalue weighted by atomic mass is 16.5. The zero-order chi connectivity index (χ0) is 20.7. The van der Waals surface area contributed by atoms with E-state index in [4.69, 9.17) is 18.9 Å². The lowest BCUT2D eigenvalue weighted by molar-refractivity contribution is 0.0954. The van der Waals surface area contributed by atoms with Gasteiger partial charge in [-0.25, -0.2) is 5.43 Å². The van der Waals surface area contributed by atoms with Crippen LogP contribution in [-0.4, -0.2) is 39.1 Å². The minimum Gasteiger partial charge on any atom is -0.493 e. The number of ether oxygens (including phenoxy) is 4. The molecular formula is C21H26N2O5. The van der Waals surface area contributed by atoms with Crippen molar-refractivity contribution in [2.24, 2.45) is 5.10 Å². The first-order chi connectivity index (χ1) is 13.4. The summed E-state index contributed by atoms with van der Waals surface area (Å²) >= 11 is 0. The van der Waals surface area contributed by atoms with E-state index in [1.807, 2.05) is 19.9 Å². The van der Waals surface area contributed by atoms with Crippen molar-refractivity contribution in [3.8, 4) is 23.0 Å². The Morgan fingerprint density at radius 1 is 0.857 bits per heavy atom. The molecule has 0 spiro atoms. The molecule has 0 radical (unpaired) electrons. The van der Waals surface area contributed by atoms with Crippen LogP contribution in [0.15, 0.2) is 41.5 Å². The van der Waals surface area contributed by atoms with Gasteiger partial charge in [-0.1, -0.05) is 0 Å². The number of amides is 1. The van der Waals surface area contributed by atoms with Crippen LogP contribution in [0.1, 0.15) is 36.7 Å². The third-order valence-corrected chi connectivity index (χ3v) is 3.91. The van der Waals surface area contributed by atoms with Crippen LogP contribution < -0.4 is 24.4 Å². The fourth-order valence-electron chi connectivity index (χ4n) is 2.49. The number of nitrogens with one attached hydrogen (secondary N) is 1. The number of rotatable bonds is 8. The van der Waals surface area contributed by atoms with Crippen molar-refractivity contribution in [1.82, 2.24) is 5.43 Å². The number of hydrazone groups is 1. The third kappa shape index (κ3) is 5.16. The molecule has 0 aliphatic carbocycles. The van der Waals surface area contributed by atoms with Gasteiger partial charge in [0.2, 0.25) is 0 Å². The van der Waals surface area contributed by atoms with Crippen LogP contribution in [0.4, 0.5) is 0 Å². The number of nitrogens with zero attached hydrogens (tertiary/aromatic N) is 1. The van der Waals surface area contributed by atoms with Gasteiger partial charge >= 0.3 is 0 Å². The smallest absolute Gasteiger partial charge is 0.271 e. The average Bonchev–Trinajstić information content (AvgIpc) is 2.70. The van der Waals surface area contributed by atoms with Gasteiger partial charge in [-0.3, -0.25) is 4.79 Å². The Balaban J connectivity index is 2.16. The van der Waals surface area contributed by atoms with E-state index in [1.54, 1.807) is 51.5 Å². The molecule has 0 bridgehead atoms. The maximum absolute atomic E-state index is 12.4. The molecule has 0 heterocycles. The summed E-state index contributed by atoms with van der Waals surface area (Å²) in [5.74, 6) is 1.93. The van der Waals surface area contributed by atoms with Gasteiger partial charge in [-0.05, 0) is 57.2 Å². The zero-order valence-corrected chi connectivity index (χ0v) is 17.0. The van der Waals surface area contributed by atoms with E-state index in [0.29, 0.717) is 34.3 Å². The predicted octanol–water partition coefficient (Wildman–Crippen LogP) is 3.65. The van der Waals surface area contributed by atoms with Gasteiger partial charge in [-0.15, -0.1) is 0 Å². The van der Waals surface area contributed by atoms with Gasteiger partial charge in [0.15, 0.2) is 23.0 Å². The van der Waals surface area contributed by atoms with E-state index in [0.717, 1.165) is 5.56 Å². The van der Waals surface area contributed by atoms with E-state index in [-0.39, 0.29) is 12.0 Å². The highest BCUT2D eigenvalue weighted by Crippen LogP contribution is 2.29. The van der Waals surface area contributed by atoms with E-state index in [9.17, 15) is 4.79 Å². The fraction of sp³-hybridized carbons (Fsp3) is 0.333. The van der Waals surface area contributed by atoms with Crippen molar-refractivity contribution in [2.45, 2.75) is 26.9 Å². The topological polar surface area (TPSA) is 78.4 Å². The summed E-state index contributed by atoms with van der Waals surface area (Å²) in [5.41, 5.74) is 4.40. The first-order valence-corrected chi connectivity index (χ1v) is 8.81. The largest absolute Gasteiger partial charge is 0.493 e. The number of carbonyl (C=O) groups excluding carboxylic acids is 1. The molecule has 0 saturated carbocycles. The number of carbonyl (C=O) groups is 1. The summed E-state index contributed by atoms with van der Waals surface area (Å²) in [6.45, 7) is 5.64. The standard InChI is InChI=1S/C21H26N2O5/c1-13(2)28-18-10-8-16(12-20(18)27-6)21(24)23-22-14(3)15-7-9-17(25-4)19(11-15)26-5/h7-13H,1-6H3,(H,23,24)/b22-14+. The Labute approximate surface area is 165 Å². The minimum absolute atomic E-state index is 0.00214. The van der Waals surface area contributed by atoms with E-state index in [2.05, 4.69) is 10.5 Å². The van der Waals surface area contributed by atoms with Crippen molar-refractivity contribution in [3.63, 3.8) is 0 Å². The highest BCUT2D eigenvalue weighted by molar-refractivity contribution is 6.01. The van der Waals surface area contributed by atoms with Crippen molar-refractivity contribution >= 4 is 11.6 Å². The normalized spacial score (nSPS) is 11.2. The van der Waals surface area contributed by atoms with E-state index in [1.165, 1.54) is 7.11 Å². The molecule has 2 rings (SSSR count). The molecule has 28 heavy (non-hydrogen) atoms. The quantitative estimate of drug-likeness (QED) is 0.553. The Morgan fingerprint density at radius 2 is 1.39 bits per heavy atom. The molecule has 7 heteroatoms. The molecule has 1 N–H and O–H groups in total. The summed E-state index contributed by atoms with van der Waals surface area (Å²) in [4.78, 5) is 12.4. The summed E-state index contributed by atoms with van der Waals surface area (Å²) in [6, 6.07) is 10.4. The first-order valence-electron chi connectivity index (χ1n) is 8.81. The van der Waals surface area contributed by atoms with Gasteiger partial charge < -0.3 is 18.9 Å². The lowest BCUT2D eigenvalue weighted by atomic mass is 10.1. The predicted molar refractivity (Wildman–Crippen MR) is 108 cm³/mol. The molecule has 0 unspecified atom stereocenters. The second kappa shape index (κ2) is 9.64. The number of hydrogen-bond donors (Lipinski definition) is 1. The SMILES string of the molecule is COc1ccc(/C(C)=N/NC(=O)c2ccc(OC(C)C)c(OC)c2)cc1OC. The average molecular weight is 386 g/mol. The second-order valence-corrected chi connectivity index (χ2v) is 6.24. The number of methoxy groups -OCH3 is 3. The molecule has 2 aromatic carbocycles. The van der Waals surface area contributed by atoms with Crippen molar-refractivity contribution in [3.05, 3.63) is 47.5 Å². The maximum Gasteiger partial charge on any atom is 0.271 e. The molecular weight excluding hydrogens is 360 g/mol. The van der Waals surface area contributed by atoms with Gasteiger partial charge in [0, 0.05) is 11.1 Å². The molecule has 2 aromatic rings. The maximum atomic E-state index is 12.4. The second-order valence-electron chi connectivity index (χ2n) is 6.24. The van der Waals surface area contributed by atoms with Crippen LogP contribution in [0.3, 0.4) is 0 Å². The van der Waals surface area contributed by atoms with E-state index >= 15 is 0 Å². The first kappa shape index (κ1) is 21.1. The number of hydrogen-bond acceptors (Lipinski definition) is 6. The summed E-state index contributed by atoms with van der Waals surface area (Å²) in [7, 11) is 4.67.